The summed E-state index contributed by atoms with van der Waals surface area (Å²) >= 11 is 0. The highest BCUT2D eigenvalue weighted by Crippen LogP contribution is 2.46. The zero-order valence-electron chi connectivity index (χ0n) is 18.1. The van der Waals surface area contributed by atoms with Gasteiger partial charge < -0.3 is 10.1 Å². The molecule has 1 saturated carbocycles. The number of benzene rings is 2. The minimum Gasteiger partial charge on any atom is -0.487 e. The lowest BCUT2D eigenvalue weighted by atomic mass is 9.77. The van der Waals surface area contributed by atoms with Gasteiger partial charge in [0.25, 0.3) is 0 Å². The predicted octanol–water partition coefficient (Wildman–Crippen LogP) is 3.96. The summed E-state index contributed by atoms with van der Waals surface area (Å²) in [7, 11) is -2.12. The number of carbonyl (C=O) groups excluding carboxylic acids is 1. The second-order valence-corrected chi connectivity index (χ2v) is 10.8. The molecule has 2 atom stereocenters. The zero-order chi connectivity index (χ0) is 22.1. The molecule has 0 unspecified atom stereocenters. The van der Waals surface area contributed by atoms with Crippen molar-refractivity contribution in [3.05, 3.63) is 65.7 Å². The van der Waals surface area contributed by atoms with Crippen molar-refractivity contribution in [3.8, 4) is 5.75 Å². The molecule has 2 aliphatic rings. The molecule has 1 amide bonds. The molecular weight excluding hydrogens is 412 g/mol. The first-order chi connectivity index (χ1) is 14.8. The maximum atomic E-state index is 13.5. The number of para-hydroxylation sites is 1. The second-order valence-electron chi connectivity index (χ2n) is 8.74. The van der Waals surface area contributed by atoms with Gasteiger partial charge in [0.15, 0.2) is 0 Å². The van der Waals surface area contributed by atoms with E-state index in [1.54, 1.807) is 12.1 Å². The lowest BCUT2D eigenvalue weighted by molar-refractivity contribution is -0.126. The van der Waals surface area contributed by atoms with E-state index in [-0.39, 0.29) is 17.6 Å². The molecule has 1 aliphatic heterocycles. The van der Waals surface area contributed by atoms with E-state index in [2.05, 4.69) is 5.32 Å². The maximum Gasteiger partial charge on any atom is 0.243 e. The van der Waals surface area contributed by atoms with E-state index in [1.165, 1.54) is 13.5 Å². The Kier molecular flexibility index (Phi) is 6.08. The van der Waals surface area contributed by atoms with E-state index < -0.39 is 16.1 Å². The number of sulfonamides is 1. The number of rotatable bonds is 5. The first-order valence-electron chi connectivity index (χ1n) is 10.9. The van der Waals surface area contributed by atoms with Gasteiger partial charge in [0.1, 0.15) is 17.4 Å². The fourth-order valence-corrected chi connectivity index (χ4v) is 5.45. The Hall–Kier alpha value is -2.38. The molecule has 4 rings (SSSR count). The molecule has 1 spiro atoms. The van der Waals surface area contributed by atoms with Crippen molar-refractivity contribution in [3.63, 3.8) is 0 Å². The number of likely N-dealkylation sites (N-methyl/N-ethyl adjacent to an activating group) is 1. The molecule has 1 aliphatic carbocycles. The molecule has 1 heterocycles. The van der Waals surface area contributed by atoms with Gasteiger partial charge >= 0.3 is 0 Å². The molecule has 0 bridgehead atoms. The zero-order valence-corrected chi connectivity index (χ0v) is 18.9. The van der Waals surface area contributed by atoms with Crippen LogP contribution in [-0.2, 0) is 14.8 Å². The predicted molar refractivity (Wildman–Crippen MR) is 120 cm³/mol. The van der Waals surface area contributed by atoms with Gasteiger partial charge in [-0.05, 0) is 37.3 Å². The highest BCUT2D eigenvalue weighted by atomic mass is 32.2. The van der Waals surface area contributed by atoms with Crippen molar-refractivity contribution in [1.82, 2.24) is 9.62 Å². The number of hydrogen-bond acceptors (Lipinski definition) is 4. The Balaban J connectivity index is 1.66. The maximum absolute atomic E-state index is 13.5. The van der Waals surface area contributed by atoms with Crippen LogP contribution in [0.25, 0.3) is 0 Å². The Morgan fingerprint density at radius 3 is 2.39 bits per heavy atom. The number of amides is 1. The van der Waals surface area contributed by atoms with Crippen LogP contribution < -0.4 is 10.1 Å². The normalized spacial score (nSPS) is 21.2. The summed E-state index contributed by atoms with van der Waals surface area (Å²) in [6.45, 7) is 0. The average Bonchev–Trinajstić information content (AvgIpc) is 2.74. The van der Waals surface area contributed by atoms with E-state index in [1.807, 2.05) is 42.5 Å². The number of carbonyl (C=O) groups is 1. The van der Waals surface area contributed by atoms with Crippen LogP contribution in [-0.4, -0.2) is 37.5 Å². The Labute approximate surface area is 184 Å². The summed E-state index contributed by atoms with van der Waals surface area (Å²) in [5.74, 6) is 0.487. The van der Waals surface area contributed by atoms with Crippen LogP contribution in [0.2, 0.25) is 0 Å². The van der Waals surface area contributed by atoms with Crippen molar-refractivity contribution >= 4 is 15.9 Å². The SMILES string of the molecule is CN([C@@H](C(=O)N[C@@H]1CC2(CCCCC2)Oc2ccccc21)c1ccccc1)S(C)(=O)=O. The van der Waals surface area contributed by atoms with Gasteiger partial charge in [0.2, 0.25) is 15.9 Å². The Morgan fingerprint density at radius 1 is 1.06 bits per heavy atom. The van der Waals surface area contributed by atoms with E-state index in [0.717, 1.165) is 47.6 Å². The lowest BCUT2D eigenvalue weighted by Crippen LogP contribution is -2.48. The summed E-state index contributed by atoms with van der Waals surface area (Å²) in [6, 6.07) is 15.7. The molecule has 0 aromatic heterocycles. The molecule has 6 nitrogen and oxygen atoms in total. The third-order valence-electron chi connectivity index (χ3n) is 6.53. The summed E-state index contributed by atoms with van der Waals surface area (Å²) in [4.78, 5) is 13.5. The van der Waals surface area contributed by atoms with Gasteiger partial charge in [-0.2, -0.15) is 4.31 Å². The summed E-state index contributed by atoms with van der Waals surface area (Å²) in [5, 5.41) is 3.17. The van der Waals surface area contributed by atoms with E-state index >= 15 is 0 Å². The Morgan fingerprint density at radius 2 is 1.71 bits per heavy atom. The Bertz CT molecular complexity index is 1030. The fourth-order valence-electron chi connectivity index (χ4n) is 4.85. The lowest BCUT2D eigenvalue weighted by Gasteiger charge is -2.45. The molecule has 0 saturated heterocycles. The number of nitrogens with one attached hydrogen (secondary N) is 1. The molecule has 7 heteroatoms. The molecule has 0 radical (unpaired) electrons. The van der Waals surface area contributed by atoms with Crippen molar-refractivity contribution in [1.29, 1.82) is 0 Å². The fraction of sp³-hybridized carbons (Fsp3) is 0.458. The summed E-state index contributed by atoms with van der Waals surface area (Å²) < 4.78 is 32.2. The van der Waals surface area contributed by atoms with Gasteiger partial charge in [-0.25, -0.2) is 8.42 Å². The second kappa shape index (κ2) is 8.63. The molecule has 31 heavy (non-hydrogen) atoms. The largest absolute Gasteiger partial charge is 0.487 e. The topological polar surface area (TPSA) is 75.7 Å². The first-order valence-corrected chi connectivity index (χ1v) is 12.7. The van der Waals surface area contributed by atoms with Crippen LogP contribution in [0.5, 0.6) is 5.75 Å². The number of nitrogens with zero attached hydrogens (tertiary/aromatic N) is 1. The standard InChI is InChI=1S/C24H30N2O4S/c1-26(31(2,28)29)22(18-11-5-3-6-12-18)23(27)25-20-17-24(15-9-4-10-16-24)30-21-14-8-7-13-19(20)21/h3,5-8,11-14,20,22H,4,9-10,15-17H2,1-2H3,(H,25,27)/t20-,22-/m1/s1. The van der Waals surface area contributed by atoms with Crippen LogP contribution in [0, 0.1) is 0 Å². The van der Waals surface area contributed by atoms with Gasteiger partial charge in [0.05, 0.1) is 12.3 Å². The number of fused-ring (bicyclic) bond motifs is 1. The van der Waals surface area contributed by atoms with Crippen molar-refractivity contribution < 1.29 is 17.9 Å². The average molecular weight is 443 g/mol. The minimum atomic E-state index is -3.58. The van der Waals surface area contributed by atoms with Crippen LogP contribution in [0.3, 0.4) is 0 Å². The number of ether oxygens (including phenoxy) is 1. The van der Waals surface area contributed by atoms with Crippen LogP contribution in [0.15, 0.2) is 54.6 Å². The monoisotopic (exact) mass is 442 g/mol. The van der Waals surface area contributed by atoms with Gasteiger partial charge in [-0.1, -0.05) is 55.0 Å². The summed E-state index contributed by atoms with van der Waals surface area (Å²) in [6.07, 6.45) is 7.20. The van der Waals surface area contributed by atoms with E-state index in [4.69, 9.17) is 4.74 Å². The van der Waals surface area contributed by atoms with Crippen LogP contribution in [0.1, 0.15) is 61.7 Å². The third-order valence-corrected chi connectivity index (χ3v) is 7.79. The van der Waals surface area contributed by atoms with Crippen molar-refractivity contribution in [2.24, 2.45) is 0 Å². The van der Waals surface area contributed by atoms with Gasteiger partial charge in [-0.15, -0.1) is 0 Å². The van der Waals surface area contributed by atoms with E-state index in [0.29, 0.717) is 12.0 Å². The third kappa shape index (κ3) is 4.62. The molecule has 1 N–H and O–H groups in total. The molecule has 166 valence electrons. The smallest absolute Gasteiger partial charge is 0.243 e. The number of hydrogen-bond donors (Lipinski definition) is 1. The highest BCUT2D eigenvalue weighted by molar-refractivity contribution is 7.88. The quantitative estimate of drug-likeness (QED) is 0.760. The van der Waals surface area contributed by atoms with Gasteiger partial charge in [0, 0.05) is 19.0 Å². The molecular formula is C24H30N2O4S. The highest BCUT2D eigenvalue weighted by Gasteiger charge is 2.43. The van der Waals surface area contributed by atoms with Crippen LogP contribution >= 0.6 is 0 Å². The van der Waals surface area contributed by atoms with E-state index in [9.17, 15) is 13.2 Å². The van der Waals surface area contributed by atoms with Crippen molar-refractivity contribution in [2.45, 2.75) is 56.2 Å². The van der Waals surface area contributed by atoms with Gasteiger partial charge in [-0.3, -0.25) is 4.79 Å². The van der Waals surface area contributed by atoms with Crippen molar-refractivity contribution in [2.75, 3.05) is 13.3 Å². The summed E-state index contributed by atoms with van der Waals surface area (Å²) in [5.41, 5.74) is 1.32. The first kappa shape index (κ1) is 21.8. The molecule has 1 fully saturated rings. The van der Waals surface area contributed by atoms with Crippen LogP contribution in [0.4, 0.5) is 0 Å². The molecule has 2 aromatic rings. The minimum absolute atomic E-state index is 0.227. The molecule has 2 aromatic carbocycles.